The van der Waals surface area contributed by atoms with Crippen molar-refractivity contribution in [3.63, 3.8) is 0 Å². The van der Waals surface area contributed by atoms with Crippen molar-refractivity contribution in [3.8, 4) is 22.8 Å². The molecule has 12 nitrogen and oxygen atoms in total. The van der Waals surface area contributed by atoms with E-state index >= 15 is 0 Å². The molecule has 258 valence electrons. The predicted octanol–water partition coefficient (Wildman–Crippen LogP) is 5.01. The molecule has 2 aromatic heterocycles. The molecule has 0 unspecified atom stereocenters. The normalized spacial score (nSPS) is 17.8. The monoisotopic (exact) mass is 674 g/mol. The Kier molecular flexibility index (Phi) is 8.82. The van der Waals surface area contributed by atoms with E-state index in [1.54, 1.807) is 7.11 Å². The summed E-state index contributed by atoms with van der Waals surface area (Å²) in [5.74, 6) is 1.66. The summed E-state index contributed by atoms with van der Waals surface area (Å²) in [6.45, 7) is 6.52. The van der Waals surface area contributed by atoms with Crippen LogP contribution >= 0.6 is 0 Å². The van der Waals surface area contributed by atoms with E-state index in [0.717, 1.165) is 97.2 Å². The second-order valence-corrected chi connectivity index (χ2v) is 13.4. The first kappa shape index (κ1) is 32.2. The van der Waals surface area contributed by atoms with E-state index in [1.807, 2.05) is 66.7 Å². The minimum Gasteiger partial charge on any atom is -0.465 e. The number of nitrogen functional groups attached to an aromatic ring is 1. The SMILES string of the molecule is COCc1ccc(N2CC(N3CC(N4CCC(n5nc(-c6ccc(Oc7ccccc7)cc6)c6c(N)ncnc65)CC4)C3)C2)cc1C(=O)OC. The number of para-hydroxylation sites is 1. The highest BCUT2D eigenvalue weighted by Gasteiger charge is 2.42. The minimum atomic E-state index is -0.330. The van der Waals surface area contributed by atoms with Crippen LogP contribution in [0, 0.1) is 0 Å². The minimum absolute atomic E-state index is 0.235. The van der Waals surface area contributed by atoms with Crippen molar-refractivity contribution in [2.45, 2.75) is 37.6 Å². The average molecular weight is 675 g/mol. The van der Waals surface area contributed by atoms with E-state index < -0.39 is 0 Å². The van der Waals surface area contributed by atoms with E-state index in [4.69, 9.17) is 25.0 Å². The fourth-order valence-electron chi connectivity index (χ4n) is 7.51. The molecule has 12 heteroatoms. The number of nitrogens with zero attached hydrogens (tertiary/aromatic N) is 7. The summed E-state index contributed by atoms with van der Waals surface area (Å²) in [5, 5.41) is 5.91. The third-order valence-electron chi connectivity index (χ3n) is 10.4. The number of anilines is 2. The Morgan fingerprint density at radius 1 is 0.840 bits per heavy atom. The fourth-order valence-corrected chi connectivity index (χ4v) is 7.51. The number of hydrogen-bond acceptors (Lipinski definition) is 11. The molecule has 0 atom stereocenters. The highest BCUT2D eigenvalue weighted by Crippen LogP contribution is 2.36. The molecule has 5 aromatic rings. The lowest BCUT2D eigenvalue weighted by molar-refractivity contribution is -0.0160. The van der Waals surface area contributed by atoms with Crippen molar-refractivity contribution >= 4 is 28.5 Å². The lowest BCUT2D eigenvalue weighted by Crippen LogP contribution is -2.70. The predicted molar refractivity (Wildman–Crippen MR) is 191 cm³/mol. The van der Waals surface area contributed by atoms with Crippen molar-refractivity contribution < 1.29 is 19.0 Å². The number of rotatable bonds is 10. The maximum Gasteiger partial charge on any atom is 0.338 e. The van der Waals surface area contributed by atoms with Crippen LogP contribution in [0.4, 0.5) is 11.5 Å². The van der Waals surface area contributed by atoms with Crippen LogP contribution in [0.15, 0.2) is 79.1 Å². The summed E-state index contributed by atoms with van der Waals surface area (Å²) >= 11 is 0. The zero-order chi connectivity index (χ0) is 34.2. The number of nitrogens with two attached hydrogens (primary N) is 1. The molecule has 3 fully saturated rings. The molecule has 0 saturated carbocycles. The van der Waals surface area contributed by atoms with Crippen LogP contribution in [-0.2, 0) is 16.1 Å². The Morgan fingerprint density at radius 3 is 2.28 bits per heavy atom. The van der Waals surface area contributed by atoms with E-state index in [1.165, 1.54) is 13.4 Å². The van der Waals surface area contributed by atoms with Crippen LogP contribution in [0.25, 0.3) is 22.3 Å². The van der Waals surface area contributed by atoms with Gasteiger partial charge in [-0.15, -0.1) is 0 Å². The largest absolute Gasteiger partial charge is 0.465 e. The Bertz CT molecular complexity index is 1960. The highest BCUT2D eigenvalue weighted by atomic mass is 16.5. The molecule has 5 heterocycles. The first-order chi connectivity index (χ1) is 24.5. The maximum absolute atomic E-state index is 12.4. The van der Waals surface area contributed by atoms with E-state index in [0.29, 0.717) is 30.1 Å². The smallest absolute Gasteiger partial charge is 0.338 e. The zero-order valence-corrected chi connectivity index (χ0v) is 28.4. The molecule has 0 spiro atoms. The van der Waals surface area contributed by atoms with Crippen LogP contribution in [-0.4, -0.2) is 101 Å². The summed E-state index contributed by atoms with van der Waals surface area (Å²) in [5.41, 5.74) is 11.4. The topological polar surface area (TPSA) is 124 Å². The molecule has 0 amide bonds. The molecule has 2 N–H and O–H groups in total. The molecule has 3 aliphatic heterocycles. The van der Waals surface area contributed by atoms with Crippen LogP contribution < -0.4 is 15.4 Å². The molecule has 0 bridgehead atoms. The number of ether oxygens (including phenoxy) is 3. The lowest BCUT2D eigenvalue weighted by Gasteiger charge is -2.55. The van der Waals surface area contributed by atoms with Crippen LogP contribution in [0.3, 0.4) is 0 Å². The Balaban J connectivity index is 0.873. The van der Waals surface area contributed by atoms with Crippen LogP contribution in [0.2, 0.25) is 0 Å². The number of benzene rings is 3. The van der Waals surface area contributed by atoms with Gasteiger partial charge in [0.1, 0.15) is 29.3 Å². The molecule has 0 radical (unpaired) electrons. The highest BCUT2D eigenvalue weighted by molar-refractivity contribution is 5.98. The van der Waals surface area contributed by atoms with Gasteiger partial charge in [0.05, 0.1) is 30.7 Å². The number of fused-ring (bicyclic) bond motifs is 1. The Hall–Kier alpha value is -5.04. The summed E-state index contributed by atoms with van der Waals surface area (Å²) in [4.78, 5) is 28.9. The fraction of sp³-hybridized carbons (Fsp3) is 0.368. The zero-order valence-electron chi connectivity index (χ0n) is 28.4. The van der Waals surface area contributed by atoms with Gasteiger partial charge in [-0.2, -0.15) is 5.10 Å². The van der Waals surface area contributed by atoms with Crippen molar-refractivity contribution in [2.24, 2.45) is 0 Å². The van der Waals surface area contributed by atoms with E-state index in [-0.39, 0.29) is 12.0 Å². The van der Waals surface area contributed by atoms with Gasteiger partial charge in [0.25, 0.3) is 0 Å². The molecule has 50 heavy (non-hydrogen) atoms. The molecular weight excluding hydrogens is 632 g/mol. The van der Waals surface area contributed by atoms with Crippen molar-refractivity contribution in [1.29, 1.82) is 0 Å². The summed E-state index contributed by atoms with van der Waals surface area (Å²) < 4.78 is 18.4. The van der Waals surface area contributed by atoms with Crippen molar-refractivity contribution in [2.75, 3.05) is 64.1 Å². The lowest BCUT2D eigenvalue weighted by atomic mass is 9.95. The third kappa shape index (κ3) is 6.14. The van der Waals surface area contributed by atoms with Gasteiger partial charge in [-0.25, -0.2) is 19.4 Å². The first-order valence-electron chi connectivity index (χ1n) is 17.2. The number of hydrogen-bond donors (Lipinski definition) is 1. The second kappa shape index (κ2) is 13.7. The molecule has 3 saturated heterocycles. The summed E-state index contributed by atoms with van der Waals surface area (Å²) in [6, 6.07) is 25.0. The van der Waals surface area contributed by atoms with Gasteiger partial charge in [-0.05, 0) is 66.9 Å². The molecule has 0 aliphatic carbocycles. The number of carbonyl (C=O) groups excluding carboxylic acids is 1. The van der Waals surface area contributed by atoms with Gasteiger partial charge in [0, 0.05) is 69.7 Å². The van der Waals surface area contributed by atoms with Crippen LogP contribution in [0.1, 0.15) is 34.8 Å². The van der Waals surface area contributed by atoms with Gasteiger partial charge < -0.3 is 24.8 Å². The van der Waals surface area contributed by atoms with Gasteiger partial charge in [0.2, 0.25) is 0 Å². The molecular formula is C38H42N8O4. The summed E-state index contributed by atoms with van der Waals surface area (Å²) in [7, 11) is 3.05. The first-order valence-corrected chi connectivity index (χ1v) is 17.2. The average Bonchev–Trinajstić information content (AvgIpc) is 3.51. The van der Waals surface area contributed by atoms with Gasteiger partial charge in [-0.1, -0.05) is 24.3 Å². The van der Waals surface area contributed by atoms with Crippen molar-refractivity contribution in [1.82, 2.24) is 29.5 Å². The Labute approximate surface area is 291 Å². The second-order valence-electron chi connectivity index (χ2n) is 13.4. The Morgan fingerprint density at radius 2 is 1.56 bits per heavy atom. The van der Waals surface area contributed by atoms with Gasteiger partial charge >= 0.3 is 5.97 Å². The molecule has 8 rings (SSSR count). The van der Waals surface area contributed by atoms with E-state index in [9.17, 15) is 4.79 Å². The van der Waals surface area contributed by atoms with Crippen molar-refractivity contribution in [3.05, 3.63) is 90.3 Å². The van der Waals surface area contributed by atoms with E-state index in [2.05, 4.69) is 35.4 Å². The van der Waals surface area contributed by atoms with Crippen LogP contribution in [0.5, 0.6) is 11.5 Å². The number of likely N-dealkylation sites (tertiary alicyclic amines) is 2. The number of methoxy groups -OCH3 is 2. The number of carbonyl (C=O) groups is 1. The maximum atomic E-state index is 12.4. The standard InChI is InChI=1S/C38H42N8O4/c1-48-23-26-8-11-28(18-33(26)38(47)49-2)44-21-30(22-44)45-19-29(20-45)43-16-14-27(15-17-43)46-37-34(36(39)40-24-41-37)35(42-46)25-9-12-32(13-10-25)50-31-6-4-3-5-7-31/h3-13,18,24,27,29-30H,14-17,19-23H2,1-2H3,(H2,39,40,41). The summed E-state index contributed by atoms with van der Waals surface area (Å²) in [6.07, 6.45) is 3.53. The molecule has 3 aromatic carbocycles. The number of aromatic nitrogens is 4. The van der Waals surface area contributed by atoms with Gasteiger partial charge in [0.15, 0.2) is 5.65 Å². The number of piperidine rings is 1. The third-order valence-corrected chi connectivity index (χ3v) is 10.4. The molecule has 3 aliphatic rings. The van der Waals surface area contributed by atoms with Gasteiger partial charge in [-0.3, -0.25) is 9.80 Å². The number of esters is 1. The quantitative estimate of drug-likeness (QED) is 0.201.